The molecule has 0 amide bonds. The van der Waals surface area contributed by atoms with Crippen molar-refractivity contribution >= 4 is 0 Å². The summed E-state index contributed by atoms with van der Waals surface area (Å²) >= 11 is 0. The van der Waals surface area contributed by atoms with Gasteiger partial charge in [-0.15, -0.1) is 0 Å². The average Bonchev–Trinajstić information content (AvgIpc) is 3.74. The van der Waals surface area contributed by atoms with E-state index in [1.54, 1.807) is 5.56 Å². The molecule has 0 radical (unpaired) electrons. The van der Waals surface area contributed by atoms with Crippen molar-refractivity contribution in [3.8, 4) is 102 Å². The summed E-state index contributed by atoms with van der Waals surface area (Å²) in [7, 11) is 0. The molecule has 73 heavy (non-hydrogen) atoms. The molecule has 4 fully saturated rings. The predicted octanol–water partition coefficient (Wildman–Crippen LogP) is 15.6. The van der Waals surface area contributed by atoms with E-state index in [1.807, 2.05) is 78.9 Å². The quantitative estimate of drug-likeness (QED) is 0.142. The van der Waals surface area contributed by atoms with Gasteiger partial charge < -0.3 is 0 Å². The van der Waals surface area contributed by atoms with E-state index >= 15 is 0 Å². The predicted molar refractivity (Wildman–Crippen MR) is 292 cm³/mol. The number of rotatable bonds is 9. The monoisotopic (exact) mass is 943 g/mol. The Hall–Kier alpha value is -8.29. The summed E-state index contributed by atoms with van der Waals surface area (Å²) in [5.74, 6) is 6.63. The Kier molecular flexibility index (Phi) is 10.4. The fraction of sp³-hybridized carbons (Fsp3) is 0.197. The van der Waals surface area contributed by atoms with E-state index in [0.29, 0.717) is 58.4 Å². The van der Waals surface area contributed by atoms with E-state index in [1.165, 1.54) is 54.4 Å². The van der Waals surface area contributed by atoms with Gasteiger partial charge in [-0.3, -0.25) is 0 Å². The molecule has 10 aromatic rings. The maximum Gasteiger partial charge on any atom is 0.183 e. The van der Waals surface area contributed by atoms with Crippen LogP contribution in [0.5, 0.6) is 0 Å². The number of hydrogen-bond donors (Lipinski definition) is 0. The molecule has 4 saturated carbocycles. The highest BCUT2D eigenvalue weighted by atomic mass is 15.1. The molecule has 352 valence electrons. The number of aromatic nitrogens is 7. The van der Waals surface area contributed by atoms with Gasteiger partial charge in [-0.05, 0) is 107 Å². The summed E-state index contributed by atoms with van der Waals surface area (Å²) in [6.07, 6.45) is 6.58. The summed E-state index contributed by atoms with van der Waals surface area (Å²) in [6.45, 7) is 4.67. The van der Waals surface area contributed by atoms with Crippen LogP contribution in [0, 0.1) is 23.7 Å². The molecule has 4 bridgehead atoms. The second-order valence-corrected chi connectivity index (χ2v) is 21.1. The highest BCUT2D eigenvalue weighted by molar-refractivity contribution is 5.92. The molecule has 0 aliphatic heterocycles. The Labute approximate surface area is 426 Å². The molecular formula is C66H53N7. The summed E-state index contributed by atoms with van der Waals surface area (Å²) in [5.41, 5.74) is 15.8. The van der Waals surface area contributed by atoms with Crippen LogP contribution in [-0.4, -0.2) is 34.9 Å². The summed E-state index contributed by atoms with van der Waals surface area (Å²) in [5, 5.41) is 0. The van der Waals surface area contributed by atoms with Crippen molar-refractivity contribution in [1.29, 1.82) is 0 Å². The Bertz CT molecular complexity index is 3570. The van der Waals surface area contributed by atoms with Gasteiger partial charge >= 0.3 is 0 Å². The average molecular weight is 944 g/mol. The van der Waals surface area contributed by atoms with Gasteiger partial charge in [0.05, 0.1) is 5.69 Å². The van der Waals surface area contributed by atoms with Gasteiger partial charge in [-0.2, -0.15) is 0 Å². The zero-order valence-electron chi connectivity index (χ0n) is 41.0. The smallest absolute Gasteiger partial charge is 0.183 e. The van der Waals surface area contributed by atoms with Crippen molar-refractivity contribution in [3.05, 3.63) is 211 Å². The molecule has 15 rings (SSSR count). The fourth-order valence-electron chi connectivity index (χ4n) is 13.5. The van der Waals surface area contributed by atoms with E-state index in [4.69, 9.17) is 34.9 Å². The third-order valence-electron chi connectivity index (χ3n) is 16.6. The zero-order valence-corrected chi connectivity index (χ0v) is 41.0. The lowest BCUT2D eigenvalue weighted by molar-refractivity contribution is -0.0399. The lowest BCUT2D eigenvalue weighted by Gasteiger charge is -2.61. The number of fused-ring (bicyclic) bond motifs is 3. The van der Waals surface area contributed by atoms with Gasteiger partial charge in [-0.1, -0.05) is 196 Å². The summed E-state index contributed by atoms with van der Waals surface area (Å²) < 4.78 is 0. The van der Waals surface area contributed by atoms with Crippen molar-refractivity contribution < 1.29 is 0 Å². The largest absolute Gasteiger partial charge is 0.243 e. The van der Waals surface area contributed by atoms with Crippen LogP contribution in [0.2, 0.25) is 0 Å². The molecule has 0 unspecified atom stereocenters. The lowest BCUT2D eigenvalue weighted by Crippen LogP contribution is -2.55. The van der Waals surface area contributed by atoms with Gasteiger partial charge in [0, 0.05) is 44.4 Å². The molecule has 3 aromatic heterocycles. The van der Waals surface area contributed by atoms with E-state index in [0.717, 1.165) is 62.0 Å². The first kappa shape index (κ1) is 43.5. The van der Waals surface area contributed by atoms with E-state index in [9.17, 15) is 0 Å². The second-order valence-electron chi connectivity index (χ2n) is 21.1. The third kappa shape index (κ3) is 7.35. The van der Waals surface area contributed by atoms with E-state index in [2.05, 4.69) is 129 Å². The van der Waals surface area contributed by atoms with E-state index in [-0.39, 0.29) is 5.41 Å². The highest BCUT2D eigenvalue weighted by Gasteiger charge is 2.61. The van der Waals surface area contributed by atoms with Crippen LogP contribution in [0.25, 0.3) is 102 Å². The van der Waals surface area contributed by atoms with Crippen molar-refractivity contribution in [1.82, 2.24) is 34.9 Å². The molecule has 5 aliphatic carbocycles. The highest BCUT2D eigenvalue weighted by Crippen LogP contribution is 2.69. The molecule has 7 aromatic carbocycles. The summed E-state index contributed by atoms with van der Waals surface area (Å²) in [6, 6.07) is 68.1. The Morgan fingerprint density at radius 1 is 0.329 bits per heavy atom. The van der Waals surface area contributed by atoms with Crippen LogP contribution in [0.3, 0.4) is 0 Å². The van der Waals surface area contributed by atoms with Crippen LogP contribution in [0.4, 0.5) is 0 Å². The van der Waals surface area contributed by atoms with Crippen molar-refractivity contribution in [2.75, 3.05) is 0 Å². The van der Waals surface area contributed by atoms with Crippen LogP contribution >= 0.6 is 0 Å². The number of nitrogens with zero attached hydrogens (tertiary/aromatic N) is 7. The molecule has 3 heterocycles. The Morgan fingerprint density at radius 3 is 1.21 bits per heavy atom. The maximum absolute atomic E-state index is 5.92. The maximum atomic E-state index is 5.92. The van der Waals surface area contributed by atoms with Crippen LogP contribution < -0.4 is 0 Å². The number of benzene rings is 7. The van der Waals surface area contributed by atoms with Crippen molar-refractivity contribution in [2.24, 2.45) is 23.7 Å². The van der Waals surface area contributed by atoms with Crippen LogP contribution in [-0.2, 0) is 5.41 Å². The fourth-order valence-corrected chi connectivity index (χ4v) is 13.5. The van der Waals surface area contributed by atoms with Crippen LogP contribution in [0.1, 0.15) is 68.6 Å². The molecule has 5 aliphatic rings. The molecular weight excluding hydrogens is 891 g/mol. The van der Waals surface area contributed by atoms with Crippen molar-refractivity contribution in [3.63, 3.8) is 0 Å². The molecule has 0 N–H and O–H groups in total. The first-order valence-electron chi connectivity index (χ1n) is 26.1. The minimum Gasteiger partial charge on any atom is -0.243 e. The van der Waals surface area contributed by atoms with Gasteiger partial charge in [0.1, 0.15) is 5.69 Å². The van der Waals surface area contributed by atoms with Gasteiger partial charge in [-0.25, -0.2) is 34.9 Å². The number of hydrogen-bond acceptors (Lipinski definition) is 7. The van der Waals surface area contributed by atoms with E-state index < -0.39 is 0 Å². The minimum atomic E-state index is -0.0660. The summed E-state index contributed by atoms with van der Waals surface area (Å²) in [4.78, 5) is 37.6. The minimum absolute atomic E-state index is 0.0660. The topological polar surface area (TPSA) is 90.2 Å². The molecule has 0 saturated heterocycles. The second kappa shape index (κ2) is 17.5. The lowest BCUT2D eigenvalue weighted by atomic mass is 9.43. The normalized spacial score (nSPS) is 20.1. The molecule has 1 spiro atoms. The van der Waals surface area contributed by atoms with Gasteiger partial charge in [0.2, 0.25) is 0 Å². The van der Waals surface area contributed by atoms with Crippen molar-refractivity contribution in [2.45, 2.75) is 57.3 Å². The first-order valence-corrected chi connectivity index (χ1v) is 26.1. The standard InChI is InChI=1S/C66H53N7/c1-40(2)48-28-30-52-53-31-29-49(38-57(53)66(56(52)37-48)50-33-41-32-42(35-50)36-51(66)34-41)58-55(64-70-60(44-20-10-4-11-21-44)68-61(71-64)45-22-12-5-13-23-45)39-54(43-18-8-3-9-19-43)59(67-58)65-72-62(46-24-14-6-15-25-46)69-63(73-65)47-26-16-7-17-27-47/h3-31,37-42,50-51H,32-36H2,1-2H3. The first-order chi connectivity index (χ1) is 35.9. The van der Waals surface area contributed by atoms with Gasteiger partial charge in [0.15, 0.2) is 34.9 Å². The SMILES string of the molecule is CC(C)c1ccc2c(c1)C1(c3cc(-c4nc(-c5nc(-c6ccccc6)nc(-c6ccccc6)n5)c(-c5ccccc5)cc4-c4nc(-c5ccccc5)nc(-c5ccccc5)n4)ccc3-2)C2CC3CC(C2)CC1C3. The zero-order chi connectivity index (χ0) is 48.6. The number of pyridine rings is 1. The van der Waals surface area contributed by atoms with Gasteiger partial charge in [0.25, 0.3) is 0 Å². The molecule has 7 heteroatoms. The molecule has 0 atom stereocenters. The Balaban J connectivity index is 1.07. The van der Waals surface area contributed by atoms with Crippen LogP contribution in [0.15, 0.2) is 194 Å². The third-order valence-corrected chi connectivity index (χ3v) is 16.6. The molecule has 7 nitrogen and oxygen atoms in total. The Morgan fingerprint density at radius 2 is 0.740 bits per heavy atom.